The van der Waals surface area contributed by atoms with Crippen molar-refractivity contribution in [2.75, 3.05) is 5.43 Å². The van der Waals surface area contributed by atoms with Crippen LogP contribution in [0.1, 0.15) is 11.1 Å². The number of halogens is 6. The molecule has 0 aromatic heterocycles. The van der Waals surface area contributed by atoms with Crippen molar-refractivity contribution in [3.8, 4) is 0 Å². The number of benzene rings is 1. The van der Waals surface area contributed by atoms with Crippen LogP contribution in [0.2, 0.25) is 0 Å². The van der Waals surface area contributed by atoms with Crippen LogP contribution in [-0.4, -0.2) is 5.16 Å². The summed E-state index contributed by atoms with van der Waals surface area (Å²) in [6, 6.07) is 1.00. The Hall–Kier alpha value is -1.60. The Morgan fingerprint density at radius 1 is 0.944 bits per heavy atom. The summed E-state index contributed by atoms with van der Waals surface area (Å²) in [5, 5.41) is 4.84. The van der Waals surface area contributed by atoms with Gasteiger partial charge in [-0.05, 0) is 30.4 Å². The molecule has 0 fully saturated rings. The zero-order valence-corrected chi connectivity index (χ0v) is 9.17. The number of nitrogens with one attached hydrogen (secondary N) is 1. The zero-order valence-electron chi connectivity index (χ0n) is 8.36. The number of thiocarbonyl (C=S) groups is 1. The molecule has 0 saturated heterocycles. The maximum atomic E-state index is 12.4. The average Bonchev–Trinajstić information content (AvgIpc) is 2.23. The van der Waals surface area contributed by atoms with Crippen LogP contribution in [0.15, 0.2) is 23.3 Å². The molecule has 1 aromatic rings. The molecule has 0 bridgehead atoms. The number of alkyl halides is 6. The van der Waals surface area contributed by atoms with E-state index in [0.717, 1.165) is 0 Å². The lowest BCUT2D eigenvalue weighted by atomic mass is 10.1. The molecular weight excluding hydrogens is 282 g/mol. The smallest absolute Gasteiger partial charge is 0.270 e. The molecular formula is C9H4F6N2S. The maximum absolute atomic E-state index is 12.4. The predicted molar refractivity (Wildman–Crippen MR) is 55.1 cm³/mol. The van der Waals surface area contributed by atoms with Gasteiger partial charge in [-0.3, -0.25) is 5.43 Å². The second-order valence-electron chi connectivity index (χ2n) is 3.11. The van der Waals surface area contributed by atoms with Gasteiger partial charge in [0.2, 0.25) is 0 Å². The van der Waals surface area contributed by atoms with E-state index in [1.807, 2.05) is 5.43 Å². The van der Waals surface area contributed by atoms with E-state index in [0.29, 0.717) is 12.1 Å². The van der Waals surface area contributed by atoms with E-state index in [4.69, 9.17) is 0 Å². The Balaban J connectivity index is 3.33. The number of anilines is 1. The fourth-order valence-electron chi connectivity index (χ4n) is 1.11. The molecule has 0 heterocycles. The number of hydrogen-bond donors (Lipinski definition) is 1. The lowest BCUT2D eigenvalue weighted by molar-refractivity contribution is -0.143. The Labute approximate surface area is 102 Å². The van der Waals surface area contributed by atoms with Crippen molar-refractivity contribution in [1.29, 1.82) is 0 Å². The highest BCUT2D eigenvalue weighted by Crippen LogP contribution is 2.37. The zero-order chi connectivity index (χ0) is 14.0. The highest BCUT2D eigenvalue weighted by atomic mass is 32.1. The van der Waals surface area contributed by atoms with E-state index < -0.39 is 29.2 Å². The van der Waals surface area contributed by atoms with E-state index in [1.165, 1.54) is 0 Å². The van der Waals surface area contributed by atoms with Gasteiger partial charge >= 0.3 is 12.4 Å². The monoisotopic (exact) mass is 286 g/mol. The Morgan fingerprint density at radius 3 is 1.72 bits per heavy atom. The normalized spacial score (nSPS) is 11.9. The summed E-state index contributed by atoms with van der Waals surface area (Å²) in [5.74, 6) is 0. The Kier molecular flexibility index (Phi) is 3.98. The highest BCUT2D eigenvalue weighted by Gasteiger charge is 2.36. The summed E-state index contributed by atoms with van der Waals surface area (Å²) in [5.41, 5.74) is -1.41. The first-order valence-corrected chi connectivity index (χ1v) is 4.68. The minimum Gasteiger partial charge on any atom is -0.270 e. The molecule has 2 nitrogen and oxygen atoms in total. The van der Waals surface area contributed by atoms with Crippen LogP contribution in [0.25, 0.3) is 0 Å². The van der Waals surface area contributed by atoms with Gasteiger partial charge in [-0.1, -0.05) is 0 Å². The van der Waals surface area contributed by atoms with E-state index in [9.17, 15) is 26.3 Å². The first kappa shape index (κ1) is 14.5. The molecule has 0 unspecified atom stereocenters. The van der Waals surface area contributed by atoms with Crippen LogP contribution in [0.4, 0.5) is 32.0 Å². The summed E-state index contributed by atoms with van der Waals surface area (Å²) in [4.78, 5) is 0. The van der Waals surface area contributed by atoms with Gasteiger partial charge in [0, 0.05) is 0 Å². The van der Waals surface area contributed by atoms with Crippen molar-refractivity contribution >= 4 is 23.1 Å². The number of hydrazone groups is 1. The molecule has 1 rings (SSSR count). The Bertz CT molecular complexity index is 455. The summed E-state index contributed by atoms with van der Waals surface area (Å²) >= 11 is 4.14. The fourth-order valence-corrected chi connectivity index (χ4v) is 1.15. The first-order valence-electron chi connectivity index (χ1n) is 4.27. The maximum Gasteiger partial charge on any atom is 0.416 e. The average molecular weight is 286 g/mol. The van der Waals surface area contributed by atoms with Crippen LogP contribution in [0, 0.1) is 0 Å². The molecule has 0 amide bonds. The molecule has 1 aromatic carbocycles. The van der Waals surface area contributed by atoms with Crippen molar-refractivity contribution in [3.05, 3.63) is 29.3 Å². The van der Waals surface area contributed by atoms with Crippen LogP contribution in [0.5, 0.6) is 0 Å². The molecule has 9 heteroatoms. The second kappa shape index (κ2) is 4.95. The van der Waals surface area contributed by atoms with Gasteiger partial charge in [0.1, 0.15) is 0 Å². The molecule has 0 radical (unpaired) electrons. The third-order valence-electron chi connectivity index (χ3n) is 1.82. The van der Waals surface area contributed by atoms with E-state index in [1.54, 1.807) is 5.16 Å². The van der Waals surface area contributed by atoms with E-state index in [2.05, 4.69) is 17.3 Å². The SMILES string of the molecule is FC(F)(F)c1cc(NN=C=S)cc(C(F)(F)F)c1. The lowest BCUT2D eigenvalue weighted by Gasteiger charge is -2.13. The van der Waals surface area contributed by atoms with Crippen LogP contribution in [-0.2, 0) is 12.4 Å². The van der Waals surface area contributed by atoms with Crippen LogP contribution < -0.4 is 5.43 Å². The summed E-state index contributed by atoms with van der Waals surface area (Å²) < 4.78 is 74.4. The first-order chi connectivity index (χ1) is 8.14. The van der Waals surface area contributed by atoms with Gasteiger partial charge in [-0.15, -0.1) is 5.10 Å². The molecule has 18 heavy (non-hydrogen) atoms. The number of rotatable bonds is 2. The molecule has 0 spiro atoms. The largest absolute Gasteiger partial charge is 0.416 e. The van der Waals surface area contributed by atoms with Gasteiger partial charge < -0.3 is 0 Å². The van der Waals surface area contributed by atoms with Gasteiger partial charge in [-0.2, -0.15) is 26.3 Å². The highest BCUT2D eigenvalue weighted by molar-refractivity contribution is 7.78. The number of hydrogen-bond acceptors (Lipinski definition) is 3. The molecule has 98 valence electrons. The van der Waals surface area contributed by atoms with E-state index >= 15 is 0 Å². The van der Waals surface area contributed by atoms with E-state index in [-0.39, 0.29) is 6.07 Å². The summed E-state index contributed by atoms with van der Waals surface area (Å²) in [6.07, 6.45) is -9.78. The van der Waals surface area contributed by atoms with Crippen LogP contribution >= 0.6 is 12.2 Å². The van der Waals surface area contributed by atoms with Gasteiger partial charge in [-0.25, -0.2) is 0 Å². The third-order valence-corrected chi connectivity index (χ3v) is 1.91. The minimum absolute atomic E-state index is 0.0201. The van der Waals surface area contributed by atoms with Gasteiger partial charge in [0.05, 0.1) is 22.0 Å². The summed E-state index contributed by atoms with van der Waals surface area (Å²) in [6.45, 7) is 0. The molecule has 0 aliphatic rings. The van der Waals surface area contributed by atoms with Gasteiger partial charge in [0.25, 0.3) is 0 Å². The van der Waals surface area contributed by atoms with Crippen LogP contribution in [0.3, 0.4) is 0 Å². The van der Waals surface area contributed by atoms with Crippen molar-refractivity contribution in [1.82, 2.24) is 0 Å². The van der Waals surface area contributed by atoms with Crippen molar-refractivity contribution < 1.29 is 26.3 Å². The quantitative estimate of drug-likeness (QED) is 0.382. The number of nitrogens with zero attached hydrogens (tertiary/aromatic N) is 1. The molecule has 0 aliphatic heterocycles. The summed E-state index contributed by atoms with van der Waals surface area (Å²) in [7, 11) is 0. The second-order valence-corrected chi connectivity index (χ2v) is 3.29. The van der Waals surface area contributed by atoms with Gasteiger partial charge in [0.15, 0.2) is 0 Å². The number of isothiocyanates is 1. The fraction of sp³-hybridized carbons (Fsp3) is 0.222. The molecule has 0 saturated carbocycles. The minimum atomic E-state index is -4.89. The Morgan fingerprint density at radius 2 is 1.39 bits per heavy atom. The molecule has 0 atom stereocenters. The predicted octanol–water partition coefficient (Wildman–Crippen LogP) is 4.15. The van der Waals surface area contributed by atoms with Crippen molar-refractivity contribution in [2.24, 2.45) is 5.10 Å². The van der Waals surface area contributed by atoms with Crippen molar-refractivity contribution in [3.63, 3.8) is 0 Å². The topological polar surface area (TPSA) is 24.4 Å². The third kappa shape index (κ3) is 3.71. The standard InChI is InChI=1S/C9H4F6N2S/c10-8(11,12)5-1-6(9(13,14)15)3-7(2-5)17-16-4-18/h1-3,17H. The molecule has 0 aliphatic carbocycles. The molecule has 1 N–H and O–H groups in total. The lowest BCUT2D eigenvalue weighted by Crippen LogP contribution is -2.11. The van der Waals surface area contributed by atoms with Crippen molar-refractivity contribution in [2.45, 2.75) is 12.4 Å².